The van der Waals surface area contributed by atoms with E-state index < -0.39 is 5.91 Å². The van der Waals surface area contributed by atoms with Crippen LogP contribution in [0.2, 0.25) is 0 Å². The smallest absolute Gasteiger partial charge is 0.272 e. The van der Waals surface area contributed by atoms with Crippen LogP contribution in [0.15, 0.2) is 80.6 Å². The molecule has 0 unspecified atom stereocenters. The maximum absolute atomic E-state index is 12.0. The van der Waals surface area contributed by atoms with Gasteiger partial charge in [-0.05, 0) is 55.5 Å². The van der Waals surface area contributed by atoms with E-state index in [1.165, 1.54) is 18.5 Å². The highest BCUT2D eigenvalue weighted by molar-refractivity contribution is 9.10. The minimum Gasteiger partial charge on any atom is -0.507 e. The zero-order valence-electron chi connectivity index (χ0n) is 14.9. The molecule has 0 saturated carbocycles. The van der Waals surface area contributed by atoms with Gasteiger partial charge in [-0.1, -0.05) is 22.0 Å². The van der Waals surface area contributed by atoms with Crippen LogP contribution in [0, 0.1) is 6.92 Å². The van der Waals surface area contributed by atoms with Crippen LogP contribution in [-0.4, -0.2) is 22.2 Å². The highest BCUT2D eigenvalue weighted by Gasteiger charge is 2.05. The number of hydrazone groups is 1. The number of hydrogen-bond acceptors (Lipinski definition) is 6. The van der Waals surface area contributed by atoms with Crippen LogP contribution in [0.25, 0.3) is 0 Å². The number of amides is 1. The molecule has 0 aliphatic rings. The van der Waals surface area contributed by atoms with Crippen LogP contribution < -0.4 is 5.43 Å². The van der Waals surface area contributed by atoms with E-state index in [9.17, 15) is 9.90 Å². The summed E-state index contributed by atoms with van der Waals surface area (Å²) in [7, 11) is 0. The second kappa shape index (κ2) is 9.01. The number of phenolic OH excluding ortho intramolecular Hbond substituents is 1. The van der Waals surface area contributed by atoms with Crippen LogP contribution in [0.1, 0.15) is 21.6 Å². The molecule has 2 N–H and O–H groups in total. The Balaban J connectivity index is 1.70. The van der Waals surface area contributed by atoms with Gasteiger partial charge in [0.2, 0.25) is 0 Å². The average molecular weight is 438 g/mol. The molecule has 0 fully saturated rings. The van der Waals surface area contributed by atoms with Crippen molar-refractivity contribution in [2.45, 2.75) is 6.92 Å². The first-order valence-corrected chi connectivity index (χ1v) is 9.07. The van der Waals surface area contributed by atoms with E-state index in [2.05, 4.69) is 41.7 Å². The summed E-state index contributed by atoms with van der Waals surface area (Å²) in [4.78, 5) is 16.1. The summed E-state index contributed by atoms with van der Waals surface area (Å²) in [5.74, 6) is -0.384. The monoisotopic (exact) mass is 437 g/mol. The maximum atomic E-state index is 12.0. The summed E-state index contributed by atoms with van der Waals surface area (Å²) in [5.41, 5.74) is 5.23. The lowest BCUT2D eigenvalue weighted by Gasteiger charge is -2.02. The molecule has 1 aromatic heterocycles. The summed E-state index contributed by atoms with van der Waals surface area (Å²) in [6.07, 6.45) is 2.81. The number of nitrogens with zero attached hydrogens (tertiary/aromatic N) is 4. The van der Waals surface area contributed by atoms with E-state index in [-0.39, 0.29) is 5.75 Å². The lowest BCUT2D eigenvalue weighted by molar-refractivity contribution is 0.0954. The predicted molar refractivity (Wildman–Crippen MR) is 110 cm³/mol. The Morgan fingerprint density at radius 2 is 1.89 bits per heavy atom. The number of pyridine rings is 1. The largest absolute Gasteiger partial charge is 0.507 e. The molecule has 1 heterocycles. The number of phenols is 1. The number of halogens is 1. The van der Waals surface area contributed by atoms with E-state index >= 15 is 0 Å². The summed E-state index contributed by atoms with van der Waals surface area (Å²) in [5, 5.41) is 22.2. The minimum atomic E-state index is -0.395. The third-order valence-electron chi connectivity index (χ3n) is 3.64. The van der Waals surface area contributed by atoms with Gasteiger partial charge in [-0.2, -0.15) is 15.3 Å². The van der Waals surface area contributed by atoms with Gasteiger partial charge < -0.3 is 5.11 Å². The van der Waals surface area contributed by atoms with Crippen LogP contribution >= 0.6 is 15.9 Å². The first kappa shape index (κ1) is 19.4. The number of benzene rings is 2. The van der Waals surface area contributed by atoms with E-state index in [4.69, 9.17) is 0 Å². The molecule has 7 nitrogen and oxygen atoms in total. The lowest BCUT2D eigenvalue weighted by Crippen LogP contribution is -2.17. The van der Waals surface area contributed by atoms with Crippen LogP contribution in [0.5, 0.6) is 5.75 Å². The normalized spacial score (nSPS) is 11.2. The zero-order valence-corrected chi connectivity index (χ0v) is 16.5. The van der Waals surface area contributed by atoms with Gasteiger partial charge in [-0.25, -0.2) is 5.43 Å². The van der Waals surface area contributed by atoms with Crippen LogP contribution in [0.4, 0.5) is 11.4 Å². The van der Waals surface area contributed by atoms with Crippen molar-refractivity contribution in [3.05, 3.63) is 82.1 Å². The number of rotatable bonds is 5. The molecule has 0 aliphatic carbocycles. The van der Waals surface area contributed by atoms with Crippen LogP contribution in [0.3, 0.4) is 0 Å². The molecule has 3 rings (SSSR count). The molecule has 8 heteroatoms. The summed E-state index contributed by atoms with van der Waals surface area (Å²) in [6, 6.07) is 15.5. The average Bonchev–Trinajstić information content (AvgIpc) is 2.69. The molecule has 3 aromatic rings. The molecular formula is C20H16BrN5O2. The molecule has 0 atom stereocenters. The molecule has 140 valence electrons. The number of azo groups is 1. The fourth-order valence-corrected chi connectivity index (χ4v) is 2.58. The first-order chi connectivity index (χ1) is 13.5. The Morgan fingerprint density at radius 3 is 2.61 bits per heavy atom. The van der Waals surface area contributed by atoms with Gasteiger partial charge in [0.05, 0.1) is 23.2 Å². The van der Waals surface area contributed by atoms with Crippen molar-refractivity contribution in [2.24, 2.45) is 15.3 Å². The highest BCUT2D eigenvalue weighted by Crippen LogP contribution is 2.25. The molecule has 2 aromatic carbocycles. The number of aryl methyl sites for hydroxylation is 1. The highest BCUT2D eigenvalue weighted by atomic mass is 79.9. The number of aromatic hydroxyl groups is 1. The fourth-order valence-electron chi connectivity index (χ4n) is 2.19. The number of aromatic nitrogens is 1. The Morgan fingerprint density at radius 1 is 1.11 bits per heavy atom. The molecule has 0 saturated heterocycles. The molecule has 28 heavy (non-hydrogen) atoms. The van der Waals surface area contributed by atoms with Gasteiger partial charge in [0.1, 0.15) is 5.75 Å². The summed E-state index contributed by atoms with van der Waals surface area (Å²) < 4.78 is 0.905. The van der Waals surface area contributed by atoms with E-state index in [0.717, 1.165) is 10.2 Å². The molecule has 0 bridgehead atoms. The zero-order chi connectivity index (χ0) is 19.9. The number of carbonyl (C=O) groups excluding carboxylic acids is 1. The minimum absolute atomic E-state index is 0.0106. The Bertz CT molecular complexity index is 1050. The number of hydrogen-bond donors (Lipinski definition) is 2. The van der Waals surface area contributed by atoms with Crippen molar-refractivity contribution in [1.82, 2.24) is 10.4 Å². The summed E-state index contributed by atoms with van der Waals surface area (Å²) in [6.45, 7) is 1.84. The van der Waals surface area contributed by atoms with Crippen molar-refractivity contribution in [2.75, 3.05) is 0 Å². The second-order valence-corrected chi connectivity index (χ2v) is 6.73. The SMILES string of the molecule is Cc1ccc(C(=O)NN=Cc2cc(N=Nc3cccc(Br)c3)ccc2O)cn1. The van der Waals surface area contributed by atoms with Gasteiger partial charge in [0.25, 0.3) is 5.91 Å². The predicted octanol–water partition coefficient (Wildman–Crippen LogP) is 5.04. The van der Waals surface area contributed by atoms with Crippen molar-refractivity contribution >= 4 is 39.4 Å². The van der Waals surface area contributed by atoms with Crippen molar-refractivity contribution in [1.29, 1.82) is 0 Å². The van der Waals surface area contributed by atoms with Crippen LogP contribution in [-0.2, 0) is 0 Å². The Hall–Kier alpha value is -3.39. The lowest BCUT2D eigenvalue weighted by atomic mass is 10.2. The quantitative estimate of drug-likeness (QED) is 0.332. The molecule has 0 spiro atoms. The number of nitrogens with one attached hydrogen (secondary N) is 1. The Kier molecular flexibility index (Phi) is 6.23. The van der Waals surface area contributed by atoms with E-state index in [1.807, 2.05) is 31.2 Å². The van der Waals surface area contributed by atoms with E-state index in [1.54, 1.807) is 24.3 Å². The van der Waals surface area contributed by atoms with Gasteiger partial charge >= 0.3 is 0 Å². The first-order valence-electron chi connectivity index (χ1n) is 8.27. The number of carbonyl (C=O) groups is 1. The van der Waals surface area contributed by atoms with Gasteiger partial charge in [0.15, 0.2) is 0 Å². The van der Waals surface area contributed by atoms with Gasteiger partial charge in [-0.3, -0.25) is 9.78 Å². The third-order valence-corrected chi connectivity index (χ3v) is 4.14. The second-order valence-electron chi connectivity index (χ2n) is 5.81. The fraction of sp³-hybridized carbons (Fsp3) is 0.0500. The van der Waals surface area contributed by atoms with Crippen molar-refractivity contribution in [3.8, 4) is 5.75 Å². The van der Waals surface area contributed by atoms with Crippen molar-refractivity contribution < 1.29 is 9.90 Å². The standard InChI is InChI=1S/C20H16BrN5O2/c1-13-5-6-14(11-22-13)20(28)26-23-12-15-9-18(7-8-19(15)27)25-24-17-4-2-3-16(21)10-17/h2-12,27H,1H3,(H,26,28). The van der Waals surface area contributed by atoms with Crippen molar-refractivity contribution in [3.63, 3.8) is 0 Å². The molecule has 0 aliphatic heterocycles. The van der Waals surface area contributed by atoms with E-state index in [0.29, 0.717) is 22.5 Å². The molecule has 0 radical (unpaired) electrons. The maximum Gasteiger partial charge on any atom is 0.272 e. The summed E-state index contributed by atoms with van der Waals surface area (Å²) >= 11 is 3.38. The molecular weight excluding hydrogens is 422 g/mol. The van der Waals surface area contributed by atoms with Gasteiger partial charge in [-0.15, -0.1) is 0 Å². The topological polar surface area (TPSA) is 99.3 Å². The third kappa shape index (κ3) is 5.31. The Labute approximate surface area is 170 Å². The van der Waals surface area contributed by atoms with Gasteiger partial charge in [0, 0.05) is 21.9 Å². The molecule has 1 amide bonds.